The molecule has 0 spiro atoms. The lowest BCUT2D eigenvalue weighted by atomic mass is 10.3. The summed E-state index contributed by atoms with van der Waals surface area (Å²) in [5.74, 6) is 0.685. The molecule has 2 rings (SSSR count). The molecule has 2 aromatic rings. The van der Waals surface area contributed by atoms with Crippen molar-refractivity contribution in [3.05, 3.63) is 23.7 Å². The summed E-state index contributed by atoms with van der Waals surface area (Å²) in [6.07, 6.45) is 0. The highest BCUT2D eigenvalue weighted by atomic mass is 32.2. The Labute approximate surface area is 95.5 Å². The third-order valence-electron chi connectivity index (χ3n) is 1.75. The first-order chi connectivity index (χ1) is 7.29. The number of rotatable bonds is 3. The maximum Gasteiger partial charge on any atom is 0.178 e. The van der Waals surface area contributed by atoms with Gasteiger partial charge in [-0.15, -0.1) is 10.2 Å². The van der Waals surface area contributed by atoms with E-state index in [-0.39, 0.29) is 0 Å². The number of nitrogens with two attached hydrogens (primary N) is 1. The molecule has 15 heavy (non-hydrogen) atoms. The number of benzene rings is 1. The molecule has 78 valence electrons. The van der Waals surface area contributed by atoms with Crippen LogP contribution in [-0.2, 0) is 0 Å². The average Bonchev–Trinajstić information content (AvgIpc) is 2.73. The van der Waals surface area contributed by atoms with E-state index in [0.717, 1.165) is 9.24 Å². The standard InChI is InChI=1S/C9H9N3OS2/c1-13-8-4-6(2-3-7(8)10)15-9-12-11-5-14-9/h2-5H,10H2,1H3. The van der Waals surface area contributed by atoms with Gasteiger partial charge < -0.3 is 10.5 Å². The molecule has 1 aromatic heterocycles. The summed E-state index contributed by atoms with van der Waals surface area (Å²) in [7, 11) is 1.60. The van der Waals surface area contributed by atoms with Crippen LogP contribution in [0.5, 0.6) is 5.75 Å². The molecule has 0 saturated carbocycles. The van der Waals surface area contributed by atoms with Crippen LogP contribution in [-0.4, -0.2) is 17.3 Å². The second-order valence-electron chi connectivity index (χ2n) is 2.71. The van der Waals surface area contributed by atoms with Gasteiger partial charge in [-0.05, 0) is 18.2 Å². The number of hydrogen-bond donors (Lipinski definition) is 1. The van der Waals surface area contributed by atoms with Crippen molar-refractivity contribution >= 4 is 28.8 Å². The van der Waals surface area contributed by atoms with E-state index in [1.54, 1.807) is 24.4 Å². The highest BCUT2D eigenvalue weighted by molar-refractivity contribution is 8.01. The van der Waals surface area contributed by atoms with Gasteiger partial charge in [-0.1, -0.05) is 23.1 Å². The van der Waals surface area contributed by atoms with Crippen molar-refractivity contribution in [1.82, 2.24) is 10.2 Å². The predicted octanol–water partition coefficient (Wildman–Crippen LogP) is 2.28. The fraction of sp³-hybridized carbons (Fsp3) is 0.111. The minimum absolute atomic E-state index is 0.638. The Hall–Kier alpha value is -1.27. The monoisotopic (exact) mass is 239 g/mol. The quantitative estimate of drug-likeness (QED) is 0.833. The van der Waals surface area contributed by atoms with Gasteiger partial charge in [-0.2, -0.15) is 0 Å². The van der Waals surface area contributed by atoms with Gasteiger partial charge in [0.1, 0.15) is 11.3 Å². The SMILES string of the molecule is COc1cc(Sc2nncs2)ccc1N. The van der Waals surface area contributed by atoms with Crippen molar-refractivity contribution in [2.24, 2.45) is 0 Å². The van der Waals surface area contributed by atoms with Gasteiger partial charge in [0, 0.05) is 4.90 Å². The van der Waals surface area contributed by atoms with Crippen LogP contribution in [0.3, 0.4) is 0 Å². The highest BCUT2D eigenvalue weighted by Gasteiger charge is 2.04. The molecule has 1 aromatic carbocycles. The van der Waals surface area contributed by atoms with Crippen molar-refractivity contribution in [2.75, 3.05) is 12.8 Å². The molecular formula is C9H9N3OS2. The van der Waals surface area contributed by atoms with Gasteiger partial charge in [0.05, 0.1) is 12.8 Å². The third-order valence-corrected chi connectivity index (χ3v) is 3.52. The molecule has 6 heteroatoms. The summed E-state index contributed by atoms with van der Waals surface area (Å²) in [6, 6.07) is 5.65. The smallest absolute Gasteiger partial charge is 0.178 e. The Kier molecular flexibility index (Phi) is 3.08. The van der Waals surface area contributed by atoms with Crippen molar-refractivity contribution in [1.29, 1.82) is 0 Å². The largest absolute Gasteiger partial charge is 0.495 e. The van der Waals surface area contributed by atoms with Crippen LogP contribution in [0.2, 0.25) is 0 Å². The molecule has 0 unspecified atom stereocenters. The molecular weight excluding hydrogens is 230 g/mol. The van der Waals surface area contributed by atoms with Crippen molar-refractivity contribution in [3.8, 4) is 5.75 Å². The molecule has 2 N–H and O–H groups in total. The van der Waals surface area contributed by atoms with Crippen LogP contribution < -0.4 is 10.5 Å². The number of aromatic nitrogens is 2. The van der Waals surface area contributed by atoms with Gasteiger partial charge in [0.25, 0.3) is 0 Å². The highest BCUT2D eigenvalue weighted by Crippen LogP contribution is 2.33. The maximum absolute atomic E-state index is 5.71. The zero-order chi connectivity index (χ0) is 10.7. The van der Waals surface area contributed by atoms with E-state index in [9.17, 15) is 0 Å². The van der Waals surface area contributed by atoms with Crippen LogP contribution >= 0.6 is 23.1 Å². The van der Waals surface area contributed by atoms with Gasteiger partial charge in [-0.25, -0.2) is 0 Å². The molecule has 0 atom stereocenters. The van der Waals surface area contributed by atoms with Gasteiger partial charge in [0.2, 0.25) is 0 Å². The van der Waals surface area contributed by atoms with Crippen molar-refractivity contribution in [2.45, 2.75) is 9.24 Å². The minimum Gasteiger partial charge on any atom is -0.495 e. The van der Waals surface area contributed by atoms with Gasteiger partial charge >= 0.3 is 0 Å². The summed E-state index contributed by atoms with van der Waals surface area (Å²) >= 11 is 3.05. The summed E-state index contributed by atoms with van der Waals surface area (Å²) in [5, 5.41) is 7.72. The number of hydrogen-bond acceptors (Lipinski definition) is 6. The molecule has 0 aliphatic carbocycles. The summed E-state index contributed by atoms with van der Waals surface area (Å²) < 4.78 is 6.04. The minimum atomic E-state index is 0.638. The molecule has 0 fully saturated rings. The van der Waals surface area contributed by atoms with E-state index in [1.165, 1.54) is 11.3 Å². The first kappa shape index (κ1) is 10.3. The number of ether oxygens (including phenoxy) is 1. The maximum atomic E-state index is 5.71. The molecule has 1 heterocycles. The summed E-state index contributed by atoms with van der Waals surface area (Å²) in [4.78, 5) is 1.04. The Morgan fingerprint density at radius 1 is 1.47 bits per heavy atom. The average molecular weight is 239 g/mol. The molecule has 4 nitrogen and oxygen atoms in total. The second-order valence-corrected chi connectivity index (χ2v) is 4.86. The first-order valence-electron chi connectivity index (χ1n) is 4.17. The first-order valence-corrected chi connectivity index (χ1v) is 5.87. The Bertz CT molecular complexity index is 445. The van der Waals surface area contributed by atoms with Crippen LogP contribution in [0.15, 0.2) is 32.9 Å². The predicted molar refractivity (Wildman–Crippen MR) is 61.4 cm³/mol. The molecule has 0 amide bonds. The fourth-order valence-corrected chi connectivity index (χ4v) is 2.54. The Balaban J connectivity index is 2.22. The van der Waals surface area contributed by atoms with Crippen LogP contribution in [0.4, 0.5) is 5.69 Å². The summed E-state index contributed by atoms with van der Waals surface area (Å²) in [6.45, 7) is 0. The molecule has 0 aliphatic heterocycles. The fourth-order valence-electron chi connectivity index (χ4n) is 1.06. The number of nitrogen functional groups attached to an aromatic ring is 1. The van der Waals surface area contributed by atoms with Gasteiger partial charge in [-0.3, -0.25) is 0 Å². The zero-order valence-corrected chi connectivity index (χ0v) is 9.64. The third kappa shape index (κ3) is 2.40. The molecule has 0 saturated heterocycles. The van der Waals surface area contributed by atoms with E-state index in [2.05, 4.69) is 10.2 Å². The lowest BCUT2D eigenvalue weighted by Gasteiger charge is -2.05. The van der Waals surface area contributed by atoms with E-state index in [4.69, 9.17) is 10.5 Å². The number of methoxy groups -OCH3 is 1. The van der Waals surface area contributed by atoms with Crippen LogP contribution in [0.1, 0.15) is 0 Å². The van der Waals surface area contributed by atoms with Crippen LogP contribution in [0.25, 0.3) is 0 Å². The van der Waals surface area contributed by atoms with E-state index >= 15 is 0 Å². The van der Waals surface area contributed by atoms with E-state index in [0.29, 0.717) is 11.4 Å². The summed E-state index contributed by atoms with van der Waals surface area (Å²) in [5.41, 5.74) is 8.06. The van der Waals surface area contributed by atoms with Crippen LogP contribution in [0, 0.1) is 0 Å². The van der Waals surface area contributed by atoms with Crippen molar-refractivity contribution in [3.63, 3.8) is 0 Å². The lowest BCUT2D eigenvalue weighted by molar-refractivity contribution is 0.416. The van der Waals surface area contributed by atoms with Gasteiger partial charge in [0.15, 0.2) is 4.34 Å². The van der Waals surface area contributed by atoms with E-state index < -0.39 is 0 Å². The number of nitrogens with zero attached hydrogens (tertiary/aromatic N) is 2. The van der Waals surface area contributed by atoms with E-state index in [1.807, 2.05) is 18.2 Å². The molecule has 0 radical (unpaired) electrons. The normalized spacial score (nSPS) is 10.2. The number of anilines is 1. The molecule has 0 aliphatic rings. The zero-order valence-electron chi connectivity index (χ0n) is 8.01. The lowest BCUT2D eigenvalue weighted by Crippen LogP contribution is -1.91. The Morgan fingerprint density at radius 3 is 3.00 bits per heavy atom. The second kappa shape index (κ2) is 4.50. The Morgan fingerprint density at radius 2 is 2.33 bits per heavy atom. The molecule has 0 bridgehead atoms. The van der Waals surface area contributed by atoms with Crippen molar-refractivity contribution < 1.29 is 4.74 Å². The topological polar surface area (TPSA) is 61.0 Å².